The minimum Gasteiger partial charge on any atom is -0.497 e. The Morgan fingerprint density at radius 2 is 1.82 bits per heavy atom. The van der Waals surface area contributed by atoms with Gasteiger partial charge >= 0.3 is 0 Å². The molecular weight excluding hydrogens is 232 g/mol. The predicted octanol–water partition coefficient (Wildman–Crippen LogP) is 4.58. The molecule has 0 aliphatic rings. The largest absolute Gasteiger partial charge is 0.497 e. The first-order chi connectivity index (χ1) is 8.26. The van der Waals surface area contributed by atoms with E-state index >= 15 is 0 Å². The van der Waals surface area contributed by atoms with Gasteiger partial charge in [0.15, 0.2) is 0 Å². The van der Waals surface area contributed by atoms with Crippen molar-refractivity contribution >= 4 is 11.6 Å². The molecule has 0 saturated carbocycles. The molecule has 0 radical (unpaired) electrons. The van der Waals surface area contributed by atoms with Crippen LogP contribution < -0.4 is 4.74 Å². The standard InChI is InChI=1S/C15H15ClO/c1-3-11-6-4-5-7-13(11)14-10-12(17-2)8-9-15(14)16/h4-10H,3H2,1-2H3. The second-order valence-electron chi connectivity index (χ2n) is 3.86. The molecule has 2 heteroatoms. The van der Waals surface area contributed by atoms with Crippen molar-refractivity contribution in [2.45, 2.75) is 13.3 Å². The molecule has 2 aromatic rings. The minimum absolute atomic E-state index is 0.756. The van der Waals surface area contributed by atoms with Crippen molar-refractivity contribution in [2.75, 3.05) is 7.11 Å². The van der Waals surface area contributed by atoms with Gasteiger partial charge in [-0.1, -0.05) is 42.8 Å². The number of aryl methyl sites for hydroxylation is 1. The van der Waals surface area contributed by atoms with Crippen LogP contribution in [0.1, 0.15) is 12.5 Å². The molecule has 0 saturated heterocycles. The van der Waals surface area contributed by atoms with Gasteiger partial charge in [0.1, 0.15) is 5.75 Å². The first kappa shape index (κ1) is 12.0. The van der Waals surface area contributed by atoms with Crippen LogP contribution in [0.15, 0.2) is 42.5 Å². The maximum atomic E-state index is 6.26. The third kappa shape index (κ3) is 2.45. The highest BCUT2D eigenvalue weighted by Gasteiger charge is 2.08. The summed E-state index contributed by atoms with van der Waals surface area (Å²) in [4.78, 5) is 0. The third-order valence-electron chi connectivity index (χ3n) is 2.86. The molecule has 88 valence electrons. The lowest BCUT2D eigenvalue weighted by Crippen LogP contribution is -1.89. The summed E-state index contributed by atoms with van der Waals surface area (Å²) in [6.45, 7) is 2.15. The number of hydrogen-bond acceptors (Lipinski definition) is 1. The van der Waals surface area contributed by atoms with Gasteiger partial charge in [0.2, 0.25) is 0 Å². The van der Waals surface area contributed by atoms with Gasteiger partial charge in [-0.05, 0) is 35.7 Å². The molecule has 0 N–H and O–H groups in total. The van der Waals surface area contributed by atoms with Crippen LogP contribution in [0.2, 0.25) is 5.02 Å². The van der Waals surface area contributed by atoms with E-state index in [-0.39, 0.29) is 0 Å². The molecule has 0 heterocycles. The summed E-state index contributed by atoms with van der Waals surface area (Å²) in [6.07, 6.45) is 0.990. The Kier molecular flexibility index (Phi) is 3.70. The van der Waals surface area contributed by atoms with Crippen molar-refractivity contribution in [2.24, 2.45) is 0 Å². The van der Waals surface area contributed by atoms with Crippen molar-refractivity contribution in [3.63, 3.8) is 0 Å². The van der Waals surface area contributed by atoms with Crippen molar-refractivity contribution in [3.8, 4) is 16.9 Å². The van der Waals surface area contributed by atoms with Gasteiger partial charge in [-0.3, -0.25) is 0 Å². The van der Waals surface area contributed by atoms with Crippen LogP contribution in [-0.4, -0.2) is 7.11 Å². The van der Waals surface area contributed by atoms with Gasteiger partial charge < -0.3 is 4.74 Å². The summed E-state index contributed by atoms with van der Waals surface area (Å²) < 4.78 is 5.25. The van der Waals surface area contributed by atoms with Gasteiger partial charge in [0, 0.05) is 10.6 Å². The first-order valence-corrected chi connectivity index (χ1v) is 6.06. The van der Waals surface area contributed by atoms with Crippen molar-refractivity contribution in [1.29, 1.82) is 0 Å². The smallest absolute Gasteiger partial charge is 0.119 e. The predicted molar refractivity (Wildman–Crippen MR) is 72.8 cm³/mol. The zero-order valence-electron chi connectivity index (χ0n) is 10.0. The molecule has 2 aromatic carbocycles. The Morgan fingerprint density at radius 1 is 1.06 bits per heavy atom. The van der Waals surface area contributed by atoms with Gasteiger partial charge in [-0.2, -0.15) is 0 Å². The van der Waals surface area contributed by atoms with Crippen LogP contribution in [-0.2, 0) is 6.42 Å². The van der Waals surface area contributed by atoms with Gasteiger partial charge in [0.25, 0.3) is 0 Å². The number of rotatable bonds is 3. The summed E-state index contributed by atoms with van der Waals surface area (Å²) in [5.74, 6) is 0.829. The van der Waals surface area contributed by atoms with Gasteiger partial charge in [0.05, 0.1) is 7.11 Å². The highest BCUT2D eigenvalue weighted by molar-refractivity contribution is 6.33. The second-order valence-corrected chi connectivity index (χ2v) is 4.26. The van der Waals surface area contributed by atoms with Gasteiger partial charge in [-0.25, -0.2) is 0 Å². The van der Waals surface area contributed by atoms with E-state index in [0.29, 0.717) is 0 Å². The molecule has 0 bridgehead atoms. The number of ether oxygens (including phenoxy) is 1. The summed E-state index contributed by atoms with van der Waals surface area (Å²) in [5.41, 5.74) is 3.50. The fourth-order valence-corrected chi connectivity index (χ4v) is 2.15. The Balaban J connectivity index is 2.59. The number of hydrogen-bond donors (Lipinski definition) is 0. The summed E-state index contributed by atoms with van der Waals surface area (Å²) in [7, 11) is 1.67. The van der Waals surface area contributed by atoms with E-state index in [1.807, 2.05) is 24.3 Å². The van der Waals surface area contributed by atoms with Crippen LogP contribution in [0.25, 0.3) is 11.1 Å². The van der Waals surface area contributed by atoms with Crippen molar-refractivity contribution in [3.05, 3.63) is 53.1 Å². The fourth-order valence-electron chi connectivity index (χ4n) is 1.93. The highest BCUT2D eigenvalue weighted by Crippen LogP contribution is 2.33. The molecule has 0 spiro atoms. The van der Waals surface area contributed by atoms with Crippen LogP contribution in [0.5, 0.6) is 5.75 Å². The molecule has 0 aromatic heterocycles. The summed E-state index contributed by atoms with van der Waals surface area (Å²) in [6, 6.07) is 14.0. The average molecular weight is 247 g/mol. The van der Waals surface area contributed by atoms with Gasteiger partial charge in [-0.15, -0.1) is 0 Å². The minimum atomic E-state index is 0.756. The maximum Gasteiger partial charge on any atom is 0.119 e. The molecule has 17 heavy (non-hydrogen) atoms. The van der Waals surface area contributed by atoms with Crippen molar-refractivity contribution < 1.29 is 4.74 Å². The zero-order valence-corrected chi connectivity index (χ0v) is 10.8. The van der Waals surface area contributed by atoms with E-state index in [1.165, 1.54) is 11.1 Å². The fraction of sp³-hybridized carbons (Fsp3) is 0.200. The van der Waals surface area contributed by atoms with E-state index in [4.69, 9.17) is 16.3 Å². The number of halogens is 1. The highest BCUT2D eigenvalue weighted by atomic mass is 35.5. The third-order valence-corrected chi connectivity index (χ3v) is 3.19. The van der Waals surface area contributed by atoms with Crippen molar-refractivity contribution in [1.82, 2.24) is 0 Å². The van der Waals surface area contributed by atoms with E-state index in [1.54, 1.807) is 7.11 Å². The molecule has 0 fully saturated rings. The molecule has 2 rings (SSSR count). The van der Waals surface area contributed by atoms with E-state index < -0.39 is 0 Å². The molecule has 1 nitrogen and oxygen atoms in total. The van der Waals surface area contributed by atoms with Crippen LogP contribution in [0.3, 0.4) is 0 Å². The van der Waals surface area contributed by atoms with E-state index in [0.717, 1.165) is 22.8 Å². The second kappa shape index (κ2) is 5.24. The molecular formula is C15H15ClO. The topological polar surface area (TPSA) is 9.23 Å². The molecule has 0 aliphatic carbocycles. The zero-order chi connectivity index (χ0) is 12.3. The van der Waals surface area contributed by atoms with E-state index in [2.05, 4.69) is 25.1 Å². The normalized spacial score (nSPS) is 10.3. The lowest BCUT2D eigenvalue weighted by atomic mass is 9.98. The number of benzene rings is 2. The summed E-state index contributed by atoms with van der Waals surface area (Å²) in [5, 5.41) is 0.756. The Hall–Kier alpha value is -1.47. The SMILES string of the molecule is CCc1ccccc1-c1cc(OC)ccc1Cl. The maximum absolute atomic E-state index is 6.26. The molecule has 0 atom stereocenters. The Morgan fingerprint density at radius 3 is 2.53 bits per heavy atom. The monoisotopic (exact) mass is 246 g/mol. The van der Waals surface area contributed by atoms with Crippen LogP contribution >= 0.6 is 11.6 Å². The molecule has 0 aliphatic heterocycles. The molecule has 0 amide bonds. The van der Waals surface area contributed by atoms with Crippen LogP contribution in [0, 0.1) is 0 Å². The first-order valence-electron chi connectivity index (χ1n) is 5.68. The number of methoxy groups -OCH3 is 1. The Labute approximate surface area is 107 Å². The lowest BCUT2D eigenvalue weighted by Gasteiger charge is -2.11. The van der Waals surface area contributed by atoms with Crippen LogP contribution in [0.4, 0.5) is 0 Å². The summed E-state index contributed by atoms with van der Waals surface area (Å²) >= 11 is 6.26. The average Bonchev–Trinajstić information content (AvgIpc) is 2.39. The Bertz CT molecular complexity index is 520. The molecule has 0 unspecified atom stereocenters. The lowest BCUT2D eigenvalue weighted by molar-refractivity contribution is 0.415. The quantitative estimate of drug-likeness (QED) is 0.770. The van der Waals surface area contributed by atoms with E-state index in [9.17, 15) is 0 Å².